The first-order valence-corrected chi connectivity index (χ1v) is 13.0. The minimum Gasteiger partial charge on any atom is -0.491 e. The largest absolute Gasteiger partial charge is 0.491 e. The van der Waals surface area contributed by atoms with Crippen molar-refractivity contribution in [1.29, 1.82) is 0 Å². The van der Waals surface area contributed by atoms with Gasteiger partial charge in [-0.1, -0.05) is 12.1 Å². The van der Waals surface area contributed by atoms with Gasteiger partial charge in [-0.25, -0.2) is 9.37 Å². The molecule has 0 unspecified atom stereocenters. The van der Waals surface area contributed by atoms with Crippen LogP contribution in [0.4, 0.5) is 33.2 Å². The number of carbonyl (C=O) groups excluding carboxylic acids is 1. The van der Waals surface area contributed by atoms with Gasteiger partial charge in [0.2, 0.25) is 5.95 Å². The SMILES string of the molecule is COCCOc1ccc(Nc2ncc(F)c(Nc3ccc4c(c3)N(C(=O)C=CCN(C)C)CCCC4)n2)cc1. The summed E-state index contributed by atoms with van der Waals surface area (Å²) in [5.41, 5.74) is 3.28. The fourth-order valence-corrected chi connectivity index (χ4v) is 4.15. The van der Waals surface area contributed by atoms with Crippen LogP contribution in [0, 0.1) is 5.82 Å². The van der Waals surface area contributed by atoms with E-state index in [9.17, 15) is 9.18 Å². The van der Waals surface area contributed by atoms with Crippen molar-refractivity contribution in [1.82, 2.24) is 14.9 Å². The van der Waals surface area contributed by atoms with E-state index >= 15 is 0 Å². The van der Waals surface area contributed by atoms with E-state index in [2.05, 4.69) is 20.6 Å². The molecule has 0 bridgehead atoms. The van der Waals surface area contributed by atoms with Crippen LogP contribution in [0.3, 0.4) is 0 Å². The van der Waals surface area contributed by atoms with Crippen LogP contribution in [0.2, 0.25) is 0 Å². The van der Waals surface area contributed by atoms with Gasteiger partial charge >= 0.3 is 0 Å². The normalized spacial score (nSPS) is 13.3. The average Bonchev–Trinajstić information content (AvgIpc) is 3.14. The molecule has 0 spiro atoms. The van der Waals surface area contributed by atoms with Crippen molar-refractivity contribution >= 4 is 34.7 Å². The Morgan fingerprint density at radius 1 is 1.10 bits per heavy atom. The first-order chi connectivity index (χ1) is 18.9. The third-order valence-electron chi connectivity index (χ3n) is 6.12. The van der Waals surface area contributed by atoms with Crippen molar-refractivity contribution in [2.75, 3.05) is 63.0 Å². The van der Waals surface area contributed by atoms with Crippen LogP contribution in [-0.2, 0) is 16.0 Å². The molecular weight excluding hydrogens is 499 g/mol. The molecular formula is C29H35FN6O3. The van der Waals surface area contributed by atoms with Gasteiger partial charge in [-0.05, 0) is 75.3 Å². The number of amides is 1. The van der Waals surface area contributed by atoms with Crippen molar-refractivity contribution < 1.29 is 18.7 Å². The van der Waals surface area contributed by atoms with Crippen molar-refractivity contribution in [3.8, 4) is 5.75 Å². The van der Waals surface area contributed by atoms with E-state index in [1.807, 2.05) is 67.5 Å². The number of nitrogens with one attached hydrogen (secondary N) is 2. The Morgan fingerprint density at radius 2 is 1.90 bits per heavy atom. The van der Waals surface area contributed by atoms with Gasteiger partial charge in [0.1, 0.15) is 12.4 Å². The zero-order chi connectivity index (χ0) is 27.6. The molecule has 1 aromatic heterocycles. The van der Waals surface area contributed by atoms with E-state index in [4.69, 9.17) is 9.47 Å². The third kappa shape index (κ3) is 7.98. The van der Waals surface area contributed by atoms with Gasteiger partial charge in [0.05, 0.1) is 12.8 Å². The number of aromatic nitrogens is 2. The highest BCUT2D eigenvalue weighted by Gasteiger charge is 2.20. The summed E-state index contributed by atoms with van der Waals surface area (Å²) < 4.78 is 25.3. The molecule has 0 saturated carbocycles. The molecule has 0 atom stereocenters. The second-order valence-electron chi connectivity index (χ2n) is 9.46. The Balaban J connectivity index is 1.49. The van der Waals surface area contributed by atoms with Gasteiger partial charge in [-0.3, -0.25) is 4.79 Å². The summed E-state index contributed by atoms with van der Waals surface area (Å²) in [6.07, 6.45) is 7.40. The van der Waals surface area contributed by atoms with E-state index in [-0.39, 0.29) is 17.7 Å². The highest BCUT2D eigenvalue weighted by molar-refractivity contribution is 6.02. The average molecular weight is 535 g/mol. The van der Waals surface area contributed by atoms with Crippen LogP contribution in [0.25, 0.3) is 0 Å². The number of hydrogen-bond acceptors (Lipinski definition) is 8. The predicted molar refractivity (Wildman–Crippen MR) is 152 cm³/mol. The van der Waals surface area contributed by atoms with E-state index in [1.165, 1.54) is 0 Å². The molecule has 2 N–H and O–H groups in total. The quantitative estimate of drug-likeness (QED) is 0.265. The first kappa shape index (κ1) is 28.0. The highest BCUT2D eigenvalue weighted by atomic mass is 19.1. The molecule has 39 heavy (non-hydrogen) atoms. The third-order valence-corrected chi connectivity index (χ3v) is 6.12. The zero-order valence-electron chi connectivity index (χ0n) is 22.6. The zero-order valence-corrected chi connectivity index (χ0v) is 22.6. The number of benzene rings is 2. The van der Waals surface area contributed by atoms with E-state index < -0.39 is 5.82 Å². The molecule has 2 heterocycles. The maximum Gasteiger partial charge on any atom is 0.250 e. The lowest BCUT2D eigenvalue weighted by molar-refractivity contribution is -0.114. The topological polar surface area (TPSA) is 91.8 Å². The number of anilines is 5. The number of ether oxygens (including phenoxy) is 2. The molecule has 3 aromatic rings. The standard InChI is InChI=1S/C29H35FN6O3/c1-35(2)15-6-8-27(37)36-16-5-4-7-21-9-10-23(19-26(21)36)32-28-25(30)20-31-29(34-28)33-22-11-13-24(14-12-22)39-18-17-38-3/h6,8-14,19-20H,4-5,7,15-18H2,1-3H3,(H2,31,32,33,34). The van der Waals surface area contributed by atoms with E-state index in [0.717, 1.165) is 42.4 Å². The first-order valence-electron chi connectivity index (χ1n) is 13.0. The molecule has 10 heteroatoms. The number of fused-ring (bicyclic) bond motifs is 1. The van der Waals surface area contributed by atoms with Gasteiger partial charge in [0, 0.05) is 43.3 Å². The van der Waals surface area contributed by atoms with Crippen molar-refractivity contribution in [3.63, 3.8) is 0 Å². The number of hydrogen-bond donors (Lipinski definition) is 2. The molecule has 4 rings (SSSR count). The summed E-state index contributed by atoms with van der Waals surface area (Å²) in [5.74, 6) is 0.335. The molecule has 206 valence electrons. The molecule has 0 saturated heterocycles. The van der Waals surface area contributed by atoms with Crippen molar-refractivity contribution in [3.05, 3.63) is 72.2 Å². The van der Waals surface area contributed by atoms with Gasteiger partial charge in [-0.2, -0.15) is 4.98 Å². The lowest BCUT2D eigenvalue weighted by Gasteiger charge is -2.22. The van der Waals surface area contributed by atoms with Crippen LogP contribution in [-0.4, -0.2) is 68.3 Å². The summed E-state index contributed by atoms with van der Waals surface area (Å²) in [6.45, 7) is 2.28. The minimum absolute atomic E-state index is 0.0318. The van der Waals surface area contributed by atoms with Crippen molar-refractivity contribution in [2.45, 2.75) is 19.3 Å². The lowest BCUT2D eigenvalue weighted by Crippen LogP contribution is -2.30. The summed E-state index contributed by atoms with van der Waals surface area (Å²) in [7, 11) is 5.53. The Labute approximate surface area is 228 Å². The summed E-state index contributed by atoms with van der Waals surface area (Å²) in [4.78, 5) is 25.2. The molecule has 1 aliphatic heterocycles. The summed E-state index contributed by atoms with van der Waals surface area (Å²) >= 11 is 0. The van der Waals surface area contributed by atoms with Crippen molar-refractivity contribution in [2.24, 2.45) is 0 Å². The fraction of sp³-hybridized carbons (Fsp3) is 0.345. The van der Waals surface area contributed by atoms with Crippen LogP contribution in [0.5, 0.6) is 5.75 Å². The number of methoxy groups -OCH3 is 1. The van der Waals surface area contributed by atoms with Gasteiger partial charge < -0.3 is 29.9 Å². The maximum atomic E-state index is 14.7. The van der Waals surface area contributed by atoms with Crippen LogP contribution >= 0.6 is 0 Å². The Morgan fingerprint density at radius 3 is 2.67 bits per heavy atom. The monoisotopic (exact) mass is 534 g/mol. The molecule has 2 aromatic carbocycles. The molecule has 0 radical (unpaired) electrons. The van der Waals surface area contributed by atoms with Crippen LogP contribution in [0.1, 0.15) is 18.4 Å². The molecule has 9 nitrogen and oxygen atoms in total. The smallest absolute Gasteiger partial charge is 0.250 e. The number of nitrogens with zero attached hydrogens (tertiary/aromatic N) is 4. The Hall–Kier alpha value is -4.02. The molecule has 0 aliphatic carbocycles. The Bertz CT molecular complexity index is 1280. The predicted octanol–water partition coefficient (Wildman–Crippen LogP) is 4.92. The molecule has 1 aliphatic rings. The number of likely N-dealkylation sites (N-methyl/N-ethyl adjacent to an activating group) is 1. The van der Waals surface area contributed by atoms with Gasteiger partial charge in [-0.15, -0.1) is 0 Å². The number of halogens is 1. The number of aryl methyl sites for hydroxylation is 1. The number of carbonyl (C=O) groups is 1. The van der Waals surface area contributed by atoms with Gasteiger partial charge in [0.15, 0.2) is 11.6 Å². The van der Waals surface area contributed by atoms with Gasteiger partial charge in [0.25, 0.3) is 5.91 Å². The van der Waals surface area contributed by atoms with E-state index in [1.54, 1.807) is 18.1 Å². The van der Waals surface area contributed by atoms with Crippen LogP contribution in [0.15, 0.2) is 60.8 Å². The van der Waals surface area contributed by atoms with Crippen LogP contribution < -0.4 is 20.3 Å². The lowest BCUT2D eigenvalue weighted by atomic mass is 10.1. The second kappa shape index (κ2) is 13.7. The summed E-state index contributed by atoms with van der Waals surface area (Å²) in [5, 5.41) is 6.15. The Kier molecular flexibility index (Phi) is 9.82. The fourth-order valence-electron chi connectivity index (χ4n) is 4.15. The highest BCUT2D eigenvalue weighted by Crippen LogP contribution is 2.31. The van der Waals surface area contributed by atoms with E-state index in [0.29, 0.717) is 37.7 Å². The summed E-state index contributed by atoms with van der Waals surface area (Å²) in [6, 6.07) is 13.0. The number of rotatable bonds is 11. The molecule has 0 fully saturated rings. The minimum atomic E-state index is -0.586. The molecule has 1 amide bonds. The maximum absolute atomic E-state index is 14.7. The second-order valence-corrected chi connectivity index (χ2v) is 9.46.